The van der Waals surface area contributed by atoms with Gasteiger partial charge in [-0.25, -0.2) is 4.79 Å². The minimum absolute atomic E-state index is 0.118. The molecule has 3 aromatic carbocycles. The number of carbonyl (C=O) groups is 1. The smallest absolute Gasteiger partial charge is 0.344 e. The fraction of sp³-hybridized carbons (Fsp3) is 0.345. The van der Waals surface area contributed by atoms with Gasteiger partial charge in [0.1, 0.15) is 11.5 Å². The predicted molar refractivity (Wildman–Crippen MR) is 138 cm³/mol. The lowest BCUT2D eigenvalue weighted by molar-refractivity contribution is -0.149. The van der Waals surface area contributed by atoms with E-state index in [0.29, 0.717) is 12.3 Å². The summed E-state index contributed by atoms with van der Waals surface area (Å²) in [6.07, 6.45) is -0.165. The van der Waals surface area contributed by atoms with Crippen molar-refractivity contribution in [3.8, 4) is 22.6 Å². The van der Waals surface area contributed by atoms with E-state index in [9.17, 15) is 4.79 Å². The third-order valence-corrected chi connectivity index (χ3v) is 5.70. The van der Waals surface area contributed by atoms with Crippen LogP contribution in [0.2, 0.25) is 0 Å². The molecule has 180 valence electrons. The van der Waals surface area contributed by atoms with Crippen LogP contribution in [-0.2, 0) is 16.1 Å². The van der Waals surface area contributed by atoms with E-state index in [1.54, 1.807) is 7.11 Å². The molecule has 0 unspecified atom stereocenters. The van der Waals surface area contributed by atoms with Gasteiger partial charge in [0, 0.05) is 23.4 Å². The van der Waals surface area contributed by atoms with E-state index in [1.807, 2.05) is 32.9 Å². The van der Waals surface area contributed by atoms with Gasteiger partial charge in [0.25, 0.3) is 0 Å². The monoisotopic (exact) mass is 461 g/mol. The van der Waals surface area contributed by atoms with Gasteiger partial charge < -0.3 is 19.5 Å². The van der Waals surface area contributed by atoms with E-state index in [0.717, 1.165) is 39.3 Å². The lowest BCUT2D eigenvalue weighted by Gasteiger charge is -2.19. The molecule has 3 rings (SSSR count). The number of aryl methyl sites for hydroxylation is 3. The van der Waals surface area contributed by atoms with E-state index in [2.05, 4.69) is 62.5 Å². The van der Waals surface area contributed by atoms with Crippen molar-refractivity contribution in [1.82, 2.24) is 0 Å². The zero-order chi connectivity index (χ0) is 24.8. The average molecular weight is 462 g/mol. The molecule has 5 nitrogen and oxygen atoms in total. The molecule has 34 heavy (non-hydrogen) atoms. The second-order valence-corrected chi connectivity index (χ2v) is 8.92. The van der Waals surface area contributed by atoms with E-state index < -0.39 is 0 Å². The van der Waals surface area contributed by atoms with Crippen molar-refractivity contribution in [2.24, 2.45) is 0 Å². The Labute approximate surface area is 203 Å². The summed E-state index contributed by atoms with van der Waals surface area (Å²) in [4.78, 5) is 11.9. The Bertz CT molecular complexity index is 1170. The Morgan fingerprint density at radius 1 is 0.941 bits per heavy atom. The average Bonchev–Trinajstić information content (AvgIpc) is 2.77. The Morgan fingerprint density at radius 2 is 1.71 bits per heavy atom. The fourth-order valence-electron chi connectivity index (χ4n) is 4.14. The number of nitrogens with one attached hydrogen (secondary N) is 1. The van der Waals surface area contributed by atoms with Crippen molar-refractivity contribution in [2.75, 3.05) is 19.0 Å². The Morgan fingerprint density at radius 3 is 2.38 bits per heavy atom. The summed E-state index contributed by atoms with van der Waals surface area (Å²) in [7, 11) is 1.71. The van der Waals surface area contributed by atoms with Gasteiger partial charge >= 0.3 is 5.97 Å². The molecule has 3 aromatic rings. The summed E-state index contributed by atoms with van der Waals surface area (Å²) in [6, 6.07) is 16.7. The first-order valence-corrected chi connectivity index (χ1v) is 11.6. The van der Waals surface area contributed by atoms with Crippen molar-refractivity contribution in [3.63, 3.8) is 0 Å². The molecule has 0 radical (unpaired) electrons. The van der Waals surface area contributed by atoms with Crippen LogP contribution in [-0.4, -0.2) is 25.8 Å². The van der Waals surface area contributed by atoms with Crippen LogP contribution < -0.4 is 14.8 Å². The van der Waals surface area contributed by atoms with Crippen molar-refractivity contribution in [3.05, 3.63) is 76.3 Å². The van der Waals surface area contributed by atoms with Gasteiger partial charge in [-0.05, 0) is 82.0 Å². The molecule has 0 aliphatic rings. The summed E-state index contributed by atoms with van der Waals surface area (Å²) in [5, 5.41) is 3.57. The van der Waals surface area contributed by atoms with Crippen LogP contribution in [0.15, 0.2) is 48.5 Å². The summed E-state index contributed by atoms with van der Waals surface area (Å²) < 4.78 is 16.7. The standard InChI is InChI=1S/C29H35NO4/c1-18(2)34-27(31)17-33-26-12-11-20(4)28(22(26)6)30-16-25-15-24(14-21(5)29(25)32-7)23-10-8-9-19(3)13-23/h8-15,18,30H,16-17H2,1-7H3. The molecule has 0 atom stereocenters. The summed E-state index contributed by atoms with van der Waals surface area (Å²) >= 11 is 0. The molecule has 0 spiro atoms. The zero-order valence-electron chi connectivity index (χ0n) is 21.2. The normalized spacial score (nSPS) is 10.8. The fourth-order valence-corrected chi connectivity index (χ4v) is 4.14. The highest BCUT2D eigenvalue weighted by atomic mass is 16.6. The minimum Gasteiger partial charge on any atom is -0.496 e. The maximum atomic E-state index is 11.9. The highest BCUT2D eigenvalue weighted by Gasteiger charge is 2.14. The maximum absolute atomic E-state index is 11.9. The number of hydrogen-bond acceptors (Lipinski definition) is 5. The number of benzene rings is 3. The maximum Gasteiger partial charge on any atom is 0.344 e. The van der Waals surface area contributed by atoms with Crippen LogP contribution in [0.1, 0.15) is 41.7 Å². The van der Waals surface area contributed by atoms with Crippen LogP contribution in [0.25, 0.3) is 11.1 Å². The molecule has 5 heteroatoms. The number of rotatable bonds is 9. The van der Waals surface area contributed by atoms with Crippen molar-refractivity contribution < 1.29 is 19.0 Å². The Hall–Kier alpha value is -3.47. The number of ether oxygens (including phenoxy) is 3. The molecule has 0 aliphatic carbocycles. The number of anilines is 1. The van der Waals surface area contributed by atoms with Crippen molar-refractivity contribution in [2.45, 2.75) is 54.2 Å². The lowest BCUT2D eigenvalue weighted by atomic mass is 9.97. The van der Waals surface area contributed by atoms with Gasteiger partial charge in [0.05, 0.1) is 13.2 Å². The third-order valence-electron chi connectivity index (χ3n) is 5.70. The highest BCUT2D eigenvalue weighted by Crippen LogP contribution is 2.33. The molecule has 0 heterocycles. The largest absolute Gasteiger partial charge is 0.496 e. The van der Waals surface area contributed by atoms with Gasteiger partial charge in [-0.1, -0.05) is 35.9 Å². The second-order valence-electron chi connectivity index (χ2n) is 8.92. The Balaban J connectivity index is 1.85. The van der Waals surface area contributed by atoms with E-state index in [4.69, 9.17) is 14.2 Å². The van der Waals surface area contributed by atoms with Gasteiger partial charge in [-0.2, -0.15) is 0 Å². The topological polar surface area (TPSA) is 56.8 Å². The van der Waals surface area contributed by atoms with Gasteiger partial charge in [0.2, 0.25) is 0 Å². The van der Waals surface area contributed by atoms with Crippen LogP contribution in [0.3, 0.4) is 0 Å². The second kappa shape index (κ2) is 11.1. The zero-order valence-corrected chi connectivity index (χ0v) is 21.2. The number of carbonyl (C=O) groups excluding carboxylic acids is 1. The van der Waals surface area contributed by atoms with Crippen LogP contribution in [0.4, 0.5) is 5.69 Å². The van der Waals surface area contributed by atoms with Crippen molar-refractivity contribution in [1.29, 1.82) is 0 Å². The number of esters is 1. The molecule has 0 saturated heterocycles. The predicted octanol–water partition coefficient (Wildman–Crippen LogP) is 6.54. The van der Waals surface area contributed by atoms with E-state index in [1.165, 1.54) is 11.1 Å². The van der Waals surface area contributed by atoms with Crippen LogP contribution in [0.5, 0.6) is 11.5 Å². The minimum atomic E-state index is -0.377. The first kappa shape index (κ1) is 25.2. The third kappa shape index (κ3) is 6.10. The Kier molecular flexibility index (Phi) is 8.21. The van der Waals surface area contributed by atoms with Crippen LogP contribution in [0, 0.1) is 27.7 Å². The highest BCUT2D eigenvalue weighted by molar-refractivity contribution is 5.72. The molecule has 0 amide bonds. The molecule has 0 bridgehead atoms. The summed E-state index contributed by atoms with van der Waals surface area (Å²) in [6.45, 7) is 12.3. The molecule has 0 aromatic heterocycles. The SMILES string of the molecule is COc1c(C)cc(-c2cccc(C)c2)cc1CNc1c(C)ccc(OCC(=O)OC(C)C)c1C. The number of hydrogen-bond donors (Lipinski definition) is 1. The molecular formula is C29H35NO4. The van der Waals surface area contributed by atoms with E-state index in [-0.39, 0.29) is 18.7 Å². The van der Waals surface area contributed by atoms with E-state index >= 15 is 0 Å². The van der Waals surface area contributed by atoms with Gasteiger partial charge in [-0.3, -0.25) is 0 Å². The first-order valence-electron chi connectivity index (χ1n) is 11.6. The molecule has 1 N–H and O–H groups in total. The summed E-state index contributed by atoms with van der Waals surface area (Å²) in [5.41, 5.74) is 8.76. The van der Waals surface area contributed by atoms with Crippen LogP contribution >= 0.6 is 0 Å². The van der Waals surface area contributed by atoms with Gasteiger partial charge in [-0.15, -0.1) is 0 Å². The lowest BCUT2D eigenvalue weighted by Crippen LogP contribution is -2.19. The number of methoxy groups -OCH3 is 1. The van der Waals surface area contributed by atoms with Gasteiger partial charge in [0.15, 0.2) is 6.61 Å². The first-order chi connectivity index (χ1) is 16.2. The molecular weight excluding hydrogens is 426 g/mol. The van der Waals surface area contributed by atoms with Crippen molar-refractivity contribution >= 4 is 11.7 Å². The quantitative estimate of drug-likeness (QED) is 0.367. The molecule has 0 fully saturated rings. The molecule has 0 aliphatic heterocycles. The summed E-state index contributed by atoms with van der Waals surface area (Å²) in [5.74, 6) is 1.16. The molecule has 0 saturated carbocycles.